The molecular weight excluding hydrogens is 366 g/mol. The first-order valence-corrected chi connectivity index (χ1v) is 9.07. The Balaban J connectivity index is 2.46. The number of pyridine rings is 1. The van der Waals surface area contributed by atoms with Crippen LogP contribution in [0.2, 0.25) is 5.02 Å². The Morgan fingerprint density at radius 2 is 2.00 bits per heavy atom. The fourth-order valence-corrected chi connectivity index (χ4v) is 2.83. The van der Waals surface area contributed by atoms with E-state index in [1.165, 1.54) is 10.9 Å². The molecule has 0 aliphatic heterocycles. The first-order chi connectivity index (χ1) is 12.9. The normalized spacial score (nSPS) is 10.8. The number of aromatic nitrogens is 1. The van der Waals surface area contributed by atoms with Crippen LogP contribution in [0.1, 0.15) is 42.7 Å². The van der Waals surface area contributed by atoms with Gasteiger partial charge in [-0.25, -0.2) is 4.68 Å². The van der Waals surface area contributed by atoms with Gasteiger partial charge in [-0.05, 0) is 56.5 Å². The van der Waals surface area contributed by atoms with Crippen molar-refractivity contribution < 1.29 is 9.47 Å². The topological polar surface area (TPSA) is 76.6 Å². The Labute approximate surface area is 163 Å². The van der Waals surface area contributed by atoms with Crippen LogP contribution < -0.4 is 15.0 Å². The standard InChI is InChI=1S/C20H22ClN3O3/c1-5-7-27-19-17(21)9-15(10-18(19)26-6-2)12-23-24-14(4)8-13(3)16(11-22)20(24)25/h8-10,12H,5-7H2,1-4H3. The number of hydrogen-bond donors (Lipinski definition) is 0. The molecule has 7 heteroatoms. The van der Waals surface area contributed by atoms with E-state index in [1.54, 1.807) is 32.0 Å². The van der Waals surface area contributed by atoms with E-state index in [9.17, 15) is 4.79 Å². The zero-order chi connectivity index (χ0) is 20.0. The van der Waals surface area contributed by atoms with Crippen molar-refractivity contribution in [3.8, 4) is 17.6 Å². The van der Waals surface area contributed by atoms with Crippen LogP contribution in [0.15, 0.2) is 28.1 Å². The molecule has 1 heterocycles. The first-order valence-electron chi connectivity index (χ1n) is 8.69. The van der Waals surface area contributed by atoms with Crippen molar-refractivity contribution in [1.29, 1.82) is 5.26 Å². The highest BCUT2D eigenvalue weighted by Crippen LogP contribution is 2.36. The molecule has 2 aromatic rings. The summed E-state index contributed by atoms with van der Waals surface area (Å²) in [6.45, 7) is 8.35. The summed E-state index contributed by atoms with van der Waals surface area (Å²) in [5, 5.41) is 13.8. The van der Waals surface area contributed by atoms with E-state index in [1.807, 2.05) is 19.9 Å². The number of rotatable bonds is 7. The monoisotopic (exact) mass is 387 g/mol. The maximum atomic E-state index is 12.4. The lowest BCUT2D eigenvalue weighted by molar-refractivity contribution is 0.277. The average Bonchev–Trinajstić information content (AvgIpc) is 2.61. The Bertz CT molecular complexity index is 958. The van der Waals surface area contributed by atoms with Crippen LogP contribution in [-0.2, 0) is 0 Å². The van der Waals surface area contributed by atoms with Crippen LogP contribution in [0.4, 0.5) is 0 Å². The minimum Gasteiger partial charge on any atom is -0.490 e. The van der Waals surface area contributed by atoms with Crippen molar-refractivity contribution in [3.05, 3.63) is 56.0 Å². The summed E-state index contributed by atoms with van der Waals surface area (Å²) >= 11 is 6.34. The SMILES string of the molecule is CCCOc1c(Cl)cc(C=Nn2c(C)cc(C)c(C#N)c2=O)cc1OCC. The van der Waals surface area contributed by atoms with E-state index < -0.39 is 5.56 Å². The second kappa shape index (κ2) is 9.24. The van der Waals surface area contributed by atoms with Gasteiger partial charge in [0.2, 0.25) is 0 Å². The van der Waals surface area contributed by atoms with Gasteiger partial charge in [0.15, 0.2) is 11.5 Å². The molecule has 0 saturated carbocycles. The van der Waals surface area contributed by atoms with Crippen molar-refractivity contribution in [2.45, 2.75) is 34.1 Å². The molecule has 0 N–H and O–H groups in total. The van der Waals surface area contributed by atoms with Gasteiger partial charge >= 0.3 is 0 Å². The van der Waals surface area contributed by atoms with Gasteiger partial charge in [0, 0.05) is 5.69 Å². The third-order valence-corrected chi connectivity index (χ3v) is 4.06. The summed E-state index contributed by atoms with van der Waals surface area (Å²) in [4.78, 5) is 12.4. The highest BCUT2D eigenvalue weighted by atomic mass is 35.5. The predicted octanol–water partition coefficient (Wildman–Crippen LogP) is 4.06. The number of nitriles is 1. The summed E-state index contributed by atoms with van der Waals surface area (Å²) in [5.74, 6) is 1.01. The fraction of sp³-hybridized carbons (Fsp3) is 0.350. The van der Waals surface area contributed by atoms with E-state index >= 15 is 0 Å². The lowest BCUT2D eigenvalue weighted by Crippen LogP contribution is -2.22. The summed E-state index contributed by atoms with van der Waals surface area (Å²) < 4.78 is 12.5. The Morgan fingerprint density at radius 1 is 1.26 bits per heavy atom. The fourth-order valence-electron chi connectivity index (χ4n) is 2.55. The van der Waals surface area contributed by atoms with E-state index in [0.717, 1.165) is 6.42 Å². The smallest absolute Gasteiger partial charge is 0.289 e. The molecule has 1 aromatic heterocycles. The van der Waals surface area contributed by atoms with Crippen molar-refractivity contribution in [3.63, 3.8) is 0 Å². The van der Waals surface area contributed by atoms with Crippen LogP contribution in [0.5, 0.6) is 11.5 Å². The highest BCUT2D eigenvalue weighted by molar-refractivity contribution is 6.32. The zero-order valence-corrected chi connectivity index (χ0v) is 16.6. The quantitative estimate of drug-likeness (QED) is 0.671. The molecule has 0 bridgehead atoms. The van der Waals surface area contributed by atoms with Gasteiger partial charge in [-0.1, -0.05) is 18.5 Å². The molecule has 1 aromatic carbocycles. The van der Waals surface area contributed by atoms with Crippen LogP contribution in [0, 0.1) is 25.2 Å². The molecule has 0 aliphatic carbocycles. The summed E-state index contributed by atoms with van der Waals surface area (Å²) in [6, 6.07) is 7.12. The molecule has 0 saturated heterocycles. The minimum atomic E-state index is -0.453. The van der Waals surface area contributed by atoms with Crippen molar-refractivity contribution in [1.82, 2.24) is 4.68 Å². The summed E-state index contributed by atoms with van der Waals surface area (Å²) in [6.07, 6.45) is 2.35. The van der Waals surface area contributed by atoms with Gasteiger partial charge in [-0.2, -0.15) is 10.4 Å². The number of nitrogens with zero attached hydrogens (tertiary/aromatic N) is 3. The van der Waals surface area contributed by atoms with E-state index in [-0.39, 0.29) is 5.56 Å². The van der Waals surface area contributed by atoms with E-state index in [0.29, 0.717) is 46.6 Å². The summed E-state index contributed by atoms with van der Waals surface area (Å²) in [5.41, 5.74) is 1.54. The van der Waals surface area contributed by atoms with Crippen molar-refractivity contribution in [2.24, 2.45) is 5.10 Å². The molecule has 0 spiro atoms. The molecule has 0 radical (unpaired) electrons. The second-order valence-corrected chi connectivity index (χ2v) is 6.34. The molecule has 0 atom stereocenters. The van der Waals surface area contributed by atoms with Gasteiger partial charge in [-0.15, -0.1) is 0 Å². The van der Waals surface area contributed by atoms with E-state index in [4.69, 9.17) is 26.3 Å². The molecule has 142 valence electrons. The maximum Gasteiger partial charge on any atom is 0.289 e. The molecular formula is C20H22ClN3O3. The third-order valence-electron chi connectivity index (χ3n) is 3.78. The van der Waals surface area contributed by atoms with Crippen LogP contribution in [-0.4, -0.2) is 24.1 Å². The summed E-state index contributed by atoms with van der Waals surface area (Å²) in [7, 11) is 0. The molecule has 0 amide bonds. The average molecular weight is 388 g/mol. The largest absolute Gasteiger partial charge is 0.490 e. The maximum absolute atomic E-state index is 12.4. The second-order valence-electron chi connectivity index (χ2n) is 5.93. The third kappa shape index (κ3) is 4.69. The van der Waals surface area contributed by atoms with E-state index in [2.05, 4.69) is 5.10 Å². The highest BCUT2D eigenvalue weighted by Gasteiger charge is 2.13. The van der Waals surface area contributed by atoms with Gasteiger partial charge < -0.3 is 9.47 Å². The Kier molecular flexibility index (Phi) is 7.03. The first kappa shape index (κ1) is 20.5. The Hall–Kier alpha value is -2.78. The van der Waals surface area contributed by atoms with Gasteiger partial charge in [0.05, 0.1) is 24.5 Å². The molecule has 6 nitrogen and oxygen atoms in total. The van der Waals surface area contributed by atoms with Gasteiger partial charge in [0.25, 0.3) is 5.56 Å². The number of benzene rings is 1. The van der Waals surface area contributed by atoms with Crippen molar-refractivity contribution >= 4 is 17.8 Å². The predicted molar refractivity (Wildman–Crippen MR) is 106 cm³/mol. The number of ether oxygens (including phenoxy) is 2. The lowest BCUT2D eigenvalue weighted by Gasteiger charge is -2.14. The molecule has 27 heavy (non-hydrogen) atoms. The van der Waals surface area contributed by atoms with Crippen LogP contribution in [0.25, 0.3) is 0 Å². The molecule has 0 unspecified atom stereocenters. The van der Waals surface area contributed by atoms with Crippen LogP contribution in [0.3, 0.4) is 0 Å². The van der Waals surface area contributed by atoms with Gasteiger partial charge in [0.1, 0.15) is 11.6 Å². The molecule has 0 aliphatic rings. The van der Waals surface area contributed by atoms with Gasteiger partial charge in [-0.3, -0.25) is 4.79 Å². The number of hydrogen-bond acceptors (Lipinski definition) is 5. The zero-order valence-electron chi connectivity index (χ0n) is 15.9. The number of aryl methyl sites for hydroxylation is 2. The van der Waals surface area contributed by atoms with Crippen LogP contribution >= 0.6 is 11.6 Å². The molecule has 2 rings (SSSR count). The molecule has 0 fully saturated rings. The minimum absolute atomic E-state index is 0.0779. The number of halogens is 1. The van der Waals surface area contributed by atoms with Crippen molar-refractivity contribution in [2.75, 3.05) is 13.2 Å². The lowest BCUT2D eigenvalue weighted by atomic mass is 10.1. The Morgan fingerprint density at radius 3 is 2.63 bits per heavy atom.